The SMILES string of the molecule is CCCC(CCc1ccc(I)cc1)NCC. The van der Waals surface area contributed by atoms with E-state index in [9.17, 15) is 0 Å². The maximum absolute atomic E-state index is 3.56. The van der Waals surface area contributed by atoms with Gasteiger partial charge in [0.1, 0.15) is 0 Å². The first-order valence-corrected chi connectivity index (χ1v) is 7.32. The van der Waals surface area contributed by atoms with Crippen LogP contribution in [-0.2, 0) is 6.42 Å². The molecule has 1 atom stereocenters. The molecule has 0 aliphatic carbocycles. The number of nitrogens with one attached hydrogen (secondary N) is 1. The molecular weight excluding hydrogens is 309 g/mol. The molecule has 0 saturated carbocycles. The molecule has 0 bridgehead atoms. The van der Waals surface area contributed by atoms with Crippen LogP contribution in [0.5, 0.6) is 0 Å². The molecule has 2 heteroatoms. The van der Waals surface area contributed by atoms with Gasteiger partial charge in [0.05, 0.1) is 0 Å². The molecule has 1 nitrogen and oxygen atoms in total. The predicted molar refractivity (Wildman–Crippen MR) is 79.9 cm³/mol. The summed E-state index contributed by atoms with van der Waals surface area (Å²) in [6, 6.07) is 9.57. The molecule has 1 aromatic rings. The number of hydrogen-bond donors (Lipinski definition) is 1. The molecule has 0 spiro atoms. The average Bonchev–Trinajstić information content (AvgIpc) is 2.29. The molecule has 1 N–H and O–H groups in total. The maximum Gasteiger partial charge on any atom is 0.0130 e. The predicted octanol–water partition coefficient (Wildman–Crippen LogP) is 4.00. The van der Waals surface area contributed by atoms with E-state index in [1.54, 1.807) is 0 Å². The summed E-state index contributed by atoms with van der Waals surface area (Å²) in [7, 11) is 0. The number of rotatable bonds is 7. The van der Waals surface area contributed by atoms with Gasteiger partial charge in [-0.15, -0.1) is 0 Å². The fourth-order valence-electron chi connectivity index (χ4n) is 1.98. The van der Waals surface area contributed by atoms with Gasteiger partial charge in [-0.25, -0.2) is 0 Å². The second-order valence-corrected chi connectivity index (χ2v) is 5.45. The van der Waals surface area contributed by atoms with E-state index < -0.39 is 0 Å². The van der Waals surface area contributed by atoms with Crippen LogP contribution in [0.15, 0.2) is 24.3 Å². The van der Waals surface area contributed by atoms with Gasteiger partial charge >= 0.3 is 0 Å². The maximum atomic E-state index is 3.56. The molecule has 0 radical (unpaired) electrons. The zero-order chi connectivity index (χ0) is 11.8. The zero-order valence-electron chi connectivity index (χ0n) is 10.3. The van der Waals surface area contributed by atoms with Crippen molar-refractivity contribution in [1.82, 2.24) is 5.32 Å². The van der Waals surface area contributed by atoms with Crippen molar-refractivity contribution in [1.29, 1.82) is 0 Å². The summed E-state index contributed by atoms with van der Waals surface area (Å²) in [6.45, 7) is 5.53. The van der Waals surface area contributed by atoms with E-state index in [1.807, 2.05) is 0 Å². The van der Waals surface area contributed by atoms with Gasteiger partial charge in [-0.3, -0.25) is 0 Å². The highest BCUT2D eigenvalue weighted by Crippen LogP contribution is 2.11. The minimum Gasteiger partial charge on any atom is -0.314 e. The molecule has 0 amide bonds. The lowest BCUT2D eigenvalue weighted by atomic mass is 10.0. The lowest BCUT2D eigenvalue weighted by Gasteiger charge is -2.16. The van der Waals surface area contributed by atoms with Crippen LogP contribution in [0.4, 0.5) is 0 Å². The third kappa shape index (κ3) is 5.30. The van der Waals surface area contributed by atoms with Crippen molar-refractivity contribution in [2.24, 2.45) is 0 Å². The van der Waals surface area contributed by atoms with Gasteiger partial charge in [0, 0.05) is 9.61 Å². The molecule has 1 rings (SSSR count). The Kier molecular flexibility index (Phi) is 7.05. The molecule has 0 aliphatic heterocycles. The monoisotopic (exact) mass is 331 g/mol. The standard InChI is InChI=1S/C14H22IN/c1-3-5-14(16-4-2)11-8-12-6-9-13(15)10-7-12/h6-7,9-10,14,16H,3-5,8,11H2,1-2H3. The van der Waals surface area contributed by atoms with E-state index in [-0.39, 0.29) is 0 Å². The quantitative estimate of drug-likeness (QED) is 0.745. The number of benzene rings is 1. The van der Waals surface area contributed by atoms with Gasteiger partial charge in [0.25, 0.3) is 0 Å². The Bertz CT molecular complexity index is 275. The van der Waals surface area contributed by atoms with Crippen molar-refractivity contribution in [2.45, 2.75) is 45.6 Å². The lowest BCUT2D eigenvalue weighted by Crippen LogP contribution is -2.29. The van der Waals surface area contributed by atoms with Crippen LogP contribution >= 0.6 is 22.6 Å². The highest BCUT2D eigenvalue weighted by atomic mass is 127. The summed E-state index contributed by atoms with van der Waals surface area (Å²) in [6.07, 6.45) is 5.00. The Hall–Kier alpha value is -0.0900. The van der Waals surface area contributed by atoms with Gasteiger partial charge in [-0.2, -0.15) is 0 Å². The van der Waals surface area contributed by atoms with Crippen LogP contribution < -0.4 is 5.32 Å². The summed E-state index contributed by atoms with van der Waals surface area (Å²) in [5, 5.41) is 3.56. The molecule has 0 heterocycles. The van der Waals surface area contributed by atoms with E-state index >= 15 is 0 Å². The summed E-state index contributed by atoms with van der Waals surface area (Å²) < 4.78 is 1.32. The van der Waals surface area contributed by atoms with Gasteiger partial charge in [-0.1, -0.05) is 32.4 Å². The van der Waals surface area contributed by atoms with Crippen molar-refractivity contribution in [2.75, 3.05) is 6.54 Å². The van der Waals surface area contributed by atoms with Crippen LogP contribution in [-0.4, -0.2) is 12.6 Å². The molecular formula is C14H22IN. The Morgan fingerprint density at radius 1 is 1.12 bits per heavy atom. The van der Waals surface area contributed by atoms with Gasteiger partial charge in [-0.05, 0) is 66.1 Å². The molecule has 0 saturated heterocycles. The molecule has 0 aromatic heterocycles. The first kappa shape index (κ1) is 14.0. The molecule has 16 heavy (non-hydrogen) atoms. The van der Waals surface area contributed by atoms with E-state index in [4.69, 9.17) is 0 Å². The molecule has 1 aromatic carbocycles. The fourth-order valence-corrected chi connectivity index (χ4v) is 2.34. The first-order valence-electron chi connectivity index (χ1n) is 6.24. The third-order valence-corrected chi connectivity index (χ3v) is 3.54. The largest absolute Gasteiger partial charge is 0.314 e. The second kappa shape index (κ2) is 8.07. The van der Waals surface area contributed by atoms with Gasteiger partial charge < -0.3 is 5.32 Å². The Labute approximate surface area is 113 Å². The first-order chi connectivity index (χ1) is 7.76. The Morgan fingerprint density at radius 2 is 1.81 bits per heavy atom. The van der Waals surface area contributed by atoms with Crippen LogP contribution in [0.25, 0.3) is 0 Å². The molecule has 0 fully saturated rings. The van der Waals surface area contributed by atoms with Crippen LogP contribution in [0.1, 0.15) is 38.7 Å². The topological polar surface area (TPSA) is 12.0 Å². The highest BCUT2D eigenvalue weighted by Gasteiger charge is 2.05. The minimum atomic E-state index is 0.689. The fraction of sp³-hybridized carbons (Fsp3) is 0.571. The van der Waals surface area contributed by atoms with Crippen LogP contribution in [0, 0.1) is 3.57 Å². The summed E-state index contributed by atoms with van der Waals surface area (Å²) in [5.74, 6) is 0. The number of hydrogen-bond acceptors (Lipinski definition) is 1. The Morgan fingerprint density at radius 3 is 2.38 bits per heavy atom. The minimum absolute atomic E-state index is 0.689. The van der Waals surface area contributed by atoms with E-state index in [0.29, 0.717) is 6.04 Å². The van der Waals surface area contributed by atoms with Crippen LogP contribution in [0.3, 0.4) is 0 Å². The van der Waals surface area contributed by atoms with Gasteiger partial charge in [0.2, 0.25) is 0 Å². The summed E-state index contributed by atoms with van der Waals surface area (Å²) >= 11 is 2.35. The average molecular weight is 331 g/mol. The van der Waals surface area contributed by atoms with Crippen molar-refractivity contribution < 1.29 is 0 Å². The normalized spacial score (nSPS) is 12.7. The second-order valence-electron chi connectivity index (χ2n) is 4.21. The Balaban J connectivity index is 2.38. The van der Waals surface area contributed by atoms with Crippen molar-refractivity contribution in [3.63, 3.8) is 0 Å². The van der Waals surface area contributed by atoms with Crippen LogP contribution in [0.2, 0.25) is 0 Å². The highest BCUT2D eigenvalue weighted by molar-refractivity contribution is 14.1. The number of aryl methyl sites for hydroxylation is 1. The third-order valence-electron chi connectivity index (χ3n) is 2.82. The lowest BCUT2D eigenvalue weighted by molar-refractivity contribution is 0.460. The van der Waals surface area contributed by atoms with E-state index in [2.05, 4.69) is 66.0 Å². The van der Waals surface area contributed by atoms with Crippen molar-refractivity contribution in [3.8, 4) is 0 Å². The van der Waals surface area contributed by atoms with Crippen molar-refractivity contribution in [3.05, 3.63) is 33.4 Å². The van der Waals surface area contributed by atoms with E-state index in [0.717, 1.165) is 6.54 Å². The molecule has 90 valence electrons. The molecule has 0 aliphatic rings. The van der Waals surface area contributed by atoms with Crippen molar-refractivity contribution >= 4 is 22.6 Å². The summed E-state index contributed by atoms with van der Waals surface area (Å²) in [5.41, 5.74) is 1.46. The molecule has 1 unspecified atom stereocenters. The zero-order valence-corrected chi connectivity index (χ0v) is 12.5. The van der Waals surface area contributed by atoms with E-state index in [1.165, 1.54) is 34.8 Å². The number of halogens is 1. The smallest absolute Gasteiger partial charge is 0.0130 e. The summed E-state index contributed by atoms with van der Waals surface area (Å²) in [4.78, 5) is 0. The van der Waals surface area contributed by atoms with Gasteiger partial charge in [0.15, 0.2) is 0 Å².